The van der Waals surface area contributed by atoms with Crippen molar-refractivity contribution in [2.75, 3.05) is 0 Å². The van der Waals surface area contributed by atoms with Crippen LogP contribution in [0.15, 0.2) is 97.1 Å². The molecule has 0 amide bonds. The number of benzene rings is 5. The first kappa shape index (κ1) is 20.7. The predicted molar refractivity (Wildman–Crippen MR) is 158 cm³/mol. The molecule has 0 aliphatic rings. The second kappa shape index (κ2) is 7.27. The Morgan fingerprint density at radius 3 is 1.65 bits per heavy atom. The highest BCUT2D eigenvalue weighted by atomic mass is 15.0. The van der Waals surface area contributed by atoms with Crippen molar-refractivity contribution in [1.29, 1.82) is 0 Å². The van der Waals surface area contributed by atoms with Gasteiger partial charge in [0.05, 0.1) is 0 Å². The minimum atomic E-state index is 0.912. The van der Waals surface area contributed by atoms with Gasteiger partial charge in [-0.05, 0) is 60.0 Å². The van der Waals surface area contributed by atoms with Crippen LogP contribution in [-0.2, 0) is 27.6 Å². The Morgan fingerprint density at radius 1 is 0.405 bits per heavy atom. The fourth-order valence-electron chi connectivity index (χ4n) is 6.66. The Hall–Kier alpha value is -4.50. The van der Waals surface area contributed by atoms with Crippen molar-refractivity contribution in [2.24, 2.45) is 21.1 Å². The summed E-state index contributed by atoms with van der Waals surface area (Å²) in [5, 5.41) is 8.02. The number of hydrogen-bond donors (Lipinski definition) is 0. The summed E-state index contributed by atoms with van der Waals surface area (Å²) in [6, 6.07) is 36.0. The first-order valence-electron chi connectivity index (χ1n) is 12.9. The summed E-state index contributed by atoms with van der Waals surface area (Å²) in [6.07, 6.45) is 0.912. The lowest BCUT2D eigenvalue weighted by atomic mass is 10.00. The van der Waals surface area contributed by atoms with Gasteiger partial charge in [0.15, 0.2) is 0 Å². The maximum absolute atomic E-state index is 2.42. The summed E-state index contributed by atoms with van der Waals surface area (Å²) in [5.74, 6) is 0. The minimum Gasteiger partial charge on any atom is -0.344 e. The average molecular weight is 478 g/mol. The summed E-state index contributed by atoms with van der Waals surface area (Å²) in [6.45, 7) is 0. The molecule has 3 nitrogen and oxygen atoms in total. The van der Waals surface area contributed by atoms with E-state index in [1.807, 2.05) is 0 Å². The Labute approximate surface area is 214 Å². The third-order valence-electron chi connectivity index (χ3n) is 8.50. The number of para-hydroxylation sites is 2. The van der Waals surface area contributed by atoms with Crippen LogP contribution in [0.1, 0.15) is 11.1 Å². The quantitative estimate of drug-likeness (QED) is 0.238. The first-order valence-corrected chi connectivity index (χ1v) is 12.9. The van der Waals surface area contributed by atoms with E-state index in [-0.39, 0.29) is 0 Å². The van der Waals surface area contributed by atoms with Gasteiger partial charge in [-0.1, -0.05) is 54.6 Å². The Balaban J connectivity index is 1.34. The number of aryl methyl sites for hydroxylation is 3. The van der Waals surface area contributed by atoms with Crippen LogP contribution in [0.4, 0.5) is 0 Å². The molecule has 8 aromatic rings. The lowest BCUT2D eigenvalue weighted by Crippen LogP contribution is -1.91. The highest BCUT2D eigenvalue weighted by molar-refractivity contribution is 6.28. The molecule has 0 aliphatic heterocycles. The third-order valence-corrected chi connectivity index (χ3v) is 8.50. The Morgan fingerprint density at radius 2 is 0.892 bits per heavy atom. The van der Waals surface area contributed by atoms with Crippen molar-refractivity contribution >= 4 is 65.4 Å². The van der Waals surface area contributed by atoms with Crippen LogP contribution in [0, 0.1) is 0 Å². The normalized spacial score (nSPS) is 12.3. The molecule has 0 saturated carbocycles. The molecule has 8 rings (SSSR count). The van der Waals surface area contributed by atoms with Gasteiger partial charge in [-0.2, -0.15) is 0 Å². The van der Waals surface area contributed by atoms with E-state index < -0.39 is 0 Å². The van der Waals surface area contributed by atoms with Gasteiger partial charge in [-0.25, -0.2) is 0 Å². The van der Waals surface area contributed by atoms with Crippen molar-refractivity contribution in [3.8, 4) is 0 Å². The molecule has 0 N–H and O–H groups in total. The van der Waals surface area contributed by atoms with E-state index in [1.165, 1.54) is 76.5 Å². The second-order valence-electron chi connectivity index (χ2n) is 10.4. The molecule has 37 heavy (non-hydrogen) atoms. The van der Waals surface area contributed by atoms with Crippen molar-refractivity contribution in [2.45, 2.75) is 6.42 Å². The third kappa shape index (κ3) is 2.71. The minimum absolute atomic E-state index is 0.912. The molecule has 5 aromatic carbocycles. The molecule has 0 spiro atoms. The fraction of sp³-hybridized carbons (Fsp3) is 0.118. The van der Waals surface area contributed by atoms with E-state index in [2.05, 4.69) is 132 Å². The van der Waals surface area contributed by atoms with Crippen molar-refractivity contribution in [3.05, 3.63) is 108 Å². The number of fused-ring (bicyclic) bond motifs is 10. The van der Waals surface area contributed by atoms with Gasteiger partial charge in [0.1, 0.15) is 0 Å². The molecule has 0 atom stereocenters. The number of hydrogen-bond acceptors (Lipinski definition) is 0. The van der Waals surface area contributed by atoms with E-state index >= 15 is 0 Å². The summed E-state index contributed by atoms with van der Waals surface area (Å²) >= 11 is 0. The number of nitrogens with zero attached hydrogens (tertiary/aromatic N) is 3. The Kier molecular flexibility index (Phi) is 4.06. The standard InChI is InChI=1S/C34H27N3/c1-35-28-11-7-5-9-25(28)33-30(35)16-17-31-34(33)26-19-21(13-15-29(26)36(31)2)18-22-12-14-24-23-8-4-6-10-27(23)37(3)32(24)20-22/h4-17,19-20H,18H2,1-3H3. The predicted octanol–water partition coefficient (Wildman–Crippen LogP) is 8.21. The zero-order chi connectivity index (χ0) is 24.8. The molecule has 3 heteroatoms. The molecule has 3 heterocycles. The van der Waals surface area contributed by atoms with Gasteiger partial charge in [-0.15, -0.1) is 0 Å². The largest absolute Gasteiger partial charge is 0.344 e. The van der Waals surface area contributed by atoms with Crippen molar-refractivity contribution in [3.63, 3.8) is 0 Å². The van der Waals surface area contributed by atoms with E-state index in [4.69, 9.17) is 0 Å². The highest BCUT2D eigenvalue weighted by Gasteiger charge is 2.17. The van der Waals surface area contributed by atoms with Crippen LogP contribution in [0.5, 0.6) is 0 Å². The van der Waals surface area contributed by atoms with E-state index in [0.717, 1.165) is 6.42 Å². The fourth-order valence-corrected chi connectivity index (χ4v) is 6.66. The first-order chi connectivity index (χ1) is 18.1. The number of rotatable bonds is 2. The molecular formula is C34H27N3. The van der Waals surface area contributed by atoms with E-state index in [9.17, 15) is 0 Å². The van der Waals surface area contributed by atoms with Crippen LogP contribution in [0.25, 0.3) is 65.4 Å². The smallest absolute Gasteiger partial charge is 0.0496 e. The molecule has 178 valence electrons. The van der Waals surface area contributed by atoms with Crippen molar-refractivity contribution < 1.29 is 0 Å². The molecule has 0 radical (unpaired) electrons. The van der Waals surface area contributed by atoms with Crippen molar-refractivity contribution in [1.82, 2.24) is 13.7 Å². The molecule has 0 bridgehead atoms. The van der Waals surface area contributed by atoms with Crippen LogP contribution in [0.3, 0.4) is 0 Å². The summed E-state index contributed by atoms with van der Waals surface area (Å²) in [4.78, 5) is 0. The van der Waals surface area contributed by atoms with Crippen LogP contribution >= 0.6 is 0 Å². The molecule has 0 fully saturated rings. The lowest BCUT2D eigenvalue weighted by molar-refractivity contribution is 1.01. The number of aromatic nitrogens is 3. The molecular weight excluding hydrogens is 450 g/mol. The zero-order valence-electron chi connectivity index (χ0n) is 21.3. The maximum Gasteiger partial charge on any atom is 0.0496 e. The van der Waals surface area contributed by atoms with Gasteiger partial charge >= 0.3 is 0 Å². The topological polar surface area (TPSA) is 14.8 Å². The van der Waals surface area contributed by atoms with Gasteiger partial charge in [0.25, 0.3) is 0 Å². The monoisotopic (exact) mass is 477 g/mol. The Bertz CT molecular complexity index is 2200. The summed E-state index contributed by atoms with van der Waals surface area (Å²) in [5.41, 5.74) is 10.4. The van der Waals surface area contributed by atoms with Gasteiger partial charge in [0.2, 0.25) is 0 Å². The summed E-state index contributed by atoms with van der Waals surface area (Å²) in [7, 11) is 6.54. The van der Waals surface area contributed by atoms with Gasteiger partial charge in [0, 0.05) is 86.6 Å². The molecule has 0 saturated heterocycles. The summed E-state index contributed by atoms with van der Waals surface area (Å²) < 4.78 is 6.99. The lowest BCUT2D eigenvalue weighted by Gasteiger charge is -2.05. The molecule has 0 unspecified atom stereocenters. The van der Waals surface area contributed by atoms with Crippen LogP contribution < -0.4 is 0 Å². The highest BCUT2D eigenvalue weighted by Crippen LogP contribution is 2.39. The van der Waals surface area contributed by atoms with E-state index in [0.29, 0.717) is 0 Å². The van der Waals surface area contributed by atoms with E-state index in [1.54, 1.807) is 0 Å². The van der Waals surface area contributed by atoms with Crippen LogP contribution in [0.2, 0.25) is 0 Å². The van der Waals surface area contributed by atoms with Gasteiger partial charge in [-0.3, -0.25) is 0 Å². The average Bonchev–Trinajstić information content (AvgIpc) is 3.50. The molecule has 3 aromatic heterocycles. The van der Waals surface area contributed by atoms with Gasteiger partial charge < -0.3 is 13.7 Å². The molecule has 0 aliphatic carbocycles. The zero-order valence-corrected chi connectivity index (χ0v) is 21.3. The second-order valence-corrected chi connectivity index (χ2v) is 10.4. The maximum atomic E-state index is 2.42. The van der Waals surface area contributed by atoms with Crippen LogP contribution in [-0.4, -0.2) is 13.7 Å². The SMILES string of the molecule is Cn1c2ccccc2c2ccc(Cc3ccc4c(c3)c3c5c6ccccc6n(C)c5ccc3n4C)cc21.